The molecule has 0 radical (unpaired) electrons. The second kappa shape index (κ2) is 5.34. The molecule has 0 amide bonds. The van der Waals surface area contributed by atoms with Crippen molar-refractivity contribution in [2.45, 2.75) is 6.92 Å². The van der Waals surface area contributed by atoms with Crippen LogP contribution in [0.5, 0.6) is 0 Å². The van der Waals surface area contributed by atoms with E-state index < -0.39 is 17.7 Å². The fraction of sp³-hybridized carbons (Fsp3) is 1.00. The summed E-state index contributed by atoms with van der Waals surface area (Å²) in [5.41, 5.74) is 0. The third-order valence-corrected chi connectivity index (χ3v) is 11.5. The molecule has 5 heteroatoms. The van der Waals surface area contributed by atoms with Gasteiger partial charge in [0, 0.05) is 0 Å². The summed E-state index contributed by atoms with van der Waals surface area (Å²) in [6, 6.07) is 0. The second-order valence-corrected chi connectivity index (χ2v) is 12.8. The van der Waals surface area contributed by atoms with Gasteiger partial charge in [0.15, 0.2) is 0 Å². The van der Waals surface area contributed by atoms with Crippen LogP contribution in [0.1, 0.15) is 6.92 Å². The zero-order valence-corrected chi connectivity index (χ0v) is 12.1. The summed E-state index contributed by atoms with van der Waals surface area (Å²) in [5, 5.41) is 0. The minimum absolute atomic E-state index is 0.903. The molecule has 0 fully saturated rings. The zero-order valence-electron chi connectivity index (χ0n) is 9.94. The number of hydrogen-bond donors (Lipinski definition) is 0. The molecule has 0 unspecified atom stereocenters. The molecule has 0 aliphatic heterocycles. The van der Waals surface area contributed by atoms with E-state index in [1.54, 1.807) is 0 Å². The van der Waals surface area contributed by atoms with Gasteiger partial charge < -0.3 is 0 Å². The Balaban J connectivity index is 5.20. The Hall–Kier alpha value is 0.420. The van der Waals surface area contributed by atoms with Crippen LogP contribution in [0.3, 0.4) is 0 Å². The van der Waals surface area contributed by atoms with Crippen LogP contribution in [-0.4, -0.2) is 58.7 Å². The van der Waals surface area contributed by atoms with Crippen LogP contribution in [0, 0.1) is 0 Å². The molecule has 0 atom stereocenters. The van der Waals surface area contributed by atoms with E-state index in [9.17, 15) is 0 Å². The molecule has 0 N–H and O–H groups in total. The van der Waals surface area contributed by atoms with Crippen LogP contribution in [-0.2, 0) is 17.7 Å². The topological polar surface area (TPSA) is 22.1 Å². The Morgan fingerprint density at radius 3 is 1.23 bits per heavy atom. The molecule has 13 heavy (non-hydrogen) atoms. The molecule has 0 spiro atoms. The van der Waals surface area contributed by atoms with E-state index in [-0.39, 0.29) is 0 Å². The molecule has 0 aromatic heterocycles. The van der Waals surface area contributed by atoms with Gasteiger partial charge in [-0.15, -0.1) is 0 Å². The molecular formula is C8H23N4Nb. The summed E-state index contributed by atoms with van der Waals surface area (Å²) in [7, 11) is 12.8. The van der Waals surface area contributed by atoms with Crippen LogP contribution in [0.25, 0.3) is 0 Å². The standard InChI is InChI=1S/3C2H6N.C2H5N.Nb/c3*1-3-2;1-2-3;/h3*1-2H3;2H2,1H3;/q3*-1;;+3. The minimum atomic E-state index is -2.60. The van der Waals surface area contributed by atoms with Crippen LogP contribution in [0.15, 0.2) is 3.34 Å². The van der Waals surface area contributed by atoms with E-state index in [0.717, 1.165) is 6.54 Å². The average molecular weight is 268 g/mol. The van der Waals surface area contributed by atoms with Gasteiger partial charge in [0.25, 0.3) is 0 Å². The third kappa shape index (κ3) is 2.68. The Kier molecular flexibility index (Phi) is 5.51. The van der Waals surface area contributed by atoms with E-state index >= 15 is 0 Å². The van der Waals surface area contributed by atoms with Gasteiger partial charge >= 0.3 is 86.7 Å². The molecule has 0 saturated carbocycles. The predicted octanol–water partition coefficient (Wildman–Crippen LogP) is 0.774. The van der Waals surface area contributed by atoms with E-state index in [0.29, 0.717) is 0 Å². The van der Waals surface area contributed by atoms with Crippen molar-refractivity contribution in [2.75, 3.05) is 48.8 Å². The van der Waals surface area contributed by atoms with Gasteiger partial charge in [0.05, 0.1) is 0 Å². The Morgan fingerprint density at radius 1 is 0.846 bits per heavy atom. The Morgan fingerprint density at radius 2 is 1.15 bits per heavy atom. The molecule has 0 rings (SSSR count). The maximum atomic E-state index is 4.83. The first kappa shape index (κ1) is 13.4. The summed E-state index contributed by atoms with van der Waals surface area (Å²) < 4.78 is 11.8. The molecular weight excluding hydrogens is 245 g/mol. The molecule has 0 aromatic rings. The van der Waals surface area contributed by atoms with Crippen molar-refractivity contribution in [1.29, 1.82) is 0 Å². The van der Waals surface area contributed by atoms with Crippen molar-refractivity contribution in [2.24, 2.45) is 3.34 Å². The summed E-state index contributed by atoms with van der Waals surface area (Å²) in [4.78, 5) is 0. The van der Waals surface area contributed by atoms with Gasteiger partial charge in [-0.05, 0) is 0 Å². The van der Waals surface area contributed by atoms with Gasteiger partial charge in [-0.25, -0.2) is 0 Å². The van der Waals surface area contributed by atoms with Crippen molar-refractivity contribution in [3.63, 3.8) is 0 Å². The SMILES string of the molecule is CC[N]=[Nb]([N](C)C)([N](C)C)[N](C)C. The fourth-order valence-electron chi connectivity index (χ4n) is 1.64. The molecule has 0 aliphatic rings. The van der Waals surface area contributed by atoms with E-state index in [1.807, 2.05) is 0 Å². The Bertz CT molecular complexity index is 170. The average Bonchev–Trinajstić information content (AvgIpc) is 1.97. The van der Waals surface area contributed by atoms with Gasteiger partial charge in [-0.1, -0.05) is 0 Å². The summed E-state index contributed by atoms with van der Waals surface area (Å²) in [5.74, 6) is 0. The van der Waals surface area contributed by atoms with E-state index in [1.165, 1.54) is 0 Å². The predicted molar refractivity (Wildman–Crippen MR) is 54.0 cm³/mol. The molecule has 0 aliphatic carbocycles. The van der Waals surface area contributed by atoms with Crippen LogP contribution in [0.2, 0.25) is 0 Å². The zero-order chi connectivity index (χ0) is 10.6. The Labute approximate surface area is 86.9 Å². The maximum absolute atomic E-state index is 4.83. The van der Waals surface area contributed by atoms with Gasteiger partial charge in [-0.3, -0.25) is 0 Å². The molecule has 80 valence electrons. The van der Waals surface area contributed by atoms with E-state index in [4.69, 9.17) is 3.34 Å². The van der Waals surface area contributed by atoms with E-state index in [2.05, 4.69) is 59.1 Å². The van der Waals surface area contributed by atoms with Gasteiger partial charge in [0.1, 0.15) is 0 Å². The van der Waals surface area contributed by atoms with Crippen LogP contribution < -0.4 is 0 Å². The molecule has 0 heterocycles. The van der Waals surface area contributed by atoms with Crippen molar-refractivity contribution >= 4 is 0 Å². The van der Waals surface area contributed by atoms with Crippen LogP contribution >= 0.6 is 0 Å². The van der Waals surface area contributed by atoms with Crippen molar-refractivity contribution < 1.29 is 17.7 Å². The monoisotopic (exact) mass is 268 g/mol. The first-order valence-electron chi connectivity index (χ1n) is 4.51. The number of rotatable bonds is 4. The molecule has 0 saturated heterocycles. The first-order valence-corrected chi connectivity index (χ1v) is 8.44. The van der Waals surface area contributed by atoms with Crippen molar-refractivity contribution in [3.8, 4) is 0 Å². The molecule has 0 aromatic carbocycles. The van der Waals surface area contributed by atoms with Gasteiger partial charge in [0.2, 0.25) is 0 Å². The summed E-state index contributed by atoms with van der Waals surface area (Å²) >= 11 is -2.60. The quantitative estimate of drug-likeness (QED) is 0.703. The number of nitrogens with zero attached hydrogens (tertiary/aromatic N) is 4. The number of hydrogen-bond acceptors (Lipinski definition) is 1. The van der Waals surface area contributed by atoms with Crippen molar-refractivity contribution in [3.05, 3.63) is 0 Å². The first-order chi connectivity index (χ1) is 5.89. The summed E-state index contributed by atoms with van der Waals surface area (Å²) in [6.07, 6.45) is 0. The molecule has 4 nitrogen and oxygen atoms in total. The van der Waals surface area contributed by atoms with Crippen molar-refractivity contribution in [1.82, 2.24) is 9.91 Å². The fourth-order valence-corrected chi connectivity index (χ4v) is 9.72. The summed E-state index contributed by atoms with van der Waals surface area (Å²) in [6.45, 7) is 3.01. The van der Waals surface area contributed by atoms with Gasteiger partial charge in [-0.2, -0.15) is 0 Å². The second-order valence-electron chi connectivity index (χ2n) is 3.54. The normalized spacial score (nSPS) is 13.1. The van der Waals surface area contributed by atoms with Crippen LogP contribution in [0.4, 0.5) is 0 Å². The molecule has 0 bridgehead atoms. The third-order valence-electron chi connectivity index (χ3n) is 1.94.